The lowest BCUT2D eigenvalue weighted by atomic mass is 10.1. The Hall–Kier alpha value is -3.29. The number of carbonyl (C=O) groups excluding carboxylic acids is 2. The molecule has 0 aromatic heterocycles. The van der Waals surface area contributed by atoms with Crippen molar-refractivity contribution in [1.82, 2.24) is 9.80 Å². The van der Waals surface area contributed by atoms with Crippen LogP contribution in [0.1, 0.15) is 17.9 Å². The van der Waals surface area contributed by atoms with Gasteiger partial charge in [0.05, 0.1) is 0 Å². The van der Waals surface area contributed by atoms with E-state index in [1.807, 2.05) is 23.1 Å². The van der Waals surface area contributed by atoms with Gasteiger partial charge in [0.15, 0.2) is 18.1 Å². The largest absolute Gasteiger partial charge is 0.484 e. The third kappa shape index (κ3) is 4.15. The zero-order chi connectivity index (χ0) is 21.4. The van der Waals surface area contributed by atoms with E-state index in [-0.39, 0.29) is 42.9 Å². The first-order chi connectivity index (χ1) is 15.1. The van der Waals surface area contributed by atoms with Crippen LogP contribution < -0.4 is 14.2 Å². The topological polar surface area (TPSA) is 68.3 Å². The van der Waals surface area contributed by atoms with Gasteiger partial charge in [-0.1, -0.05) is 6.07 Å². The Kier molecular flexibility index (Phi) is 5.13. The Balaban J connectivity index is 1.09. The van der Waals surface area contributed by atoms with Crippen molar-refractivity contribution < 1.29 is 28.2 Å². The predicted octanol–water partition coefficient (Wildman–Crippen LogP) is 2.41. The molecule has 1 saturated heterocycles. The van der Waals surface area contributed by atoms with Gasteiger partial charge in [0.2, 0.25) is 12.7 Å². The predicted molar refractivity (Wildman–Crippen MR) is 108 cm³/mol. The lowest BCUT2D eigenvalue weighted by Gasteiger charge is -2.35. The fraction of sp³-hybridized carbons (Fsp3) is 0.391. The Morgan fingerprint density at radius 2 is 1.68 bits per heavy atom. The molecule has 8 heteroatoms. The van der Waals surface area contributed by atoms with Crippen molar-refractivity contribution in [2.75, 3.05) is 39.6 Å². The van der Waals surface area contributed by atoms with Crippen molar-refractivity contribution in [2.45, 2.75) is 12.3 Å². The second-order valence-corrected chi connectivity index (χ2v) is 8.01. The number of hydrogen-bond acceptors (Lipinski definition) is 5. The first-order valence-electron chi connectivity index (χ1n) is 10.4. The van der Waals surface area contributed by atoms with Gasteiger partial charge in [0, 0.05) is 32.1 Å². The summed E-state index contributed by atoms with van der Waals surface area (Å²) in [5, 5.41) is 0. The van der Waals surface area contributed by atoms with E-state index in [4.69, 9.17) is 14.2 Å². The van der Waals surface area contributed by atoms with Crippen molar-refractivity contribution in [1.29, 1.82) is 0 Å². The number of ether oxygens (including phenoxy) is 3. The molecule has 5 rings (SSSR count). The number of rotatable bonds is 5. The normalized spacial score (nSPS) is 21.7. The first kappa shape index (κ1) is 19.7. The van der Waals surface area contributed by atoms with Crippen LogP contribution in [0, 0.1) is 11.7 Å². The molecule has 2 heterocycles. The molecule has 0 radical (unpaired) electrons. The number of piperazine rings is 1. The molecule has 0 bridgehead atoms. The molecule has 2 atom stereocenters. The molecule has 2 aromatic carbocycles. The van der Waals surface area contributed by atoms with E-state index < -0.39 is 0 Å². The summed E-state index contributed by atoms with van der Waals surface area (Å²) in [5.74, 6) is 1.80. The van der Waals surface area contributed by atoms with Crippen molar-refractivity contribution >= 4 is 11.8 Å². The highest BCUT2D eigenvalue weighted by Crippen LogP contribution is 2.50. The lowest BCUT2D eigenvalue weighted by molar-refractivity contribution is -0.141. The number of nitrogens with zero attached hydrogens (tertiary/aromatic N) is 2. The van der Waals surface area contributed by atoms with Crippen molar-refractivity contribution in [3.8, 4) is 17.2 Å². The molecule has 2 fully saturated rings. The number of hydrogen-bond donors (Lipinski definition) is 0. The van der Waals surface area contributed by atoms with Crippen molar-refractivity contribution in [2.24, 2.45) is 5.92 Å². The third-order valence-electron chi connectivity index (χ3n) is 6.05. The van der Waals surface area contributed by atoms with Gasteiger partial charge in [-0.15, -0.1) is 0 Å². The second-order valence-electron chi connectivity index (χ2n) is 8.01. The van der Waals surface area contributed by atoms with Crippen LogP contribution in [0.3, 0.4) is 0 Å². The number of fused-ring (bicyclic) bond motifs is 1. The minimum atomic E-state index is -0.351. The lowest BCUT2D eigenvalue weighted by Crippen LogP contribution is -2.52. The Bertz CT molecular complexity index is 988. The Morgan fingerprint density at radius 1 is 0.968 bits per heavy atom. The van der Waals surface area contributed by atoms with Crippen LogP contribution in [-0.4, -0.2) is 61.2 Å². The zero-order valence-electron chi connectivity index (χ0n) is 17.0. The number of benzene rings is 2. The van der Waals surface area contributed by atoms with Crippen molar-refractivity contribution in [3.05, 3.63) is 53.8 Å². The molecule has 3 aliphatic rings. The summed E-state index contributed by atoms with van der Waals surface area (Å²) in [6, 6.07) is 11.4. The smallest absolute Gasteiger partial charge is 0.260 e. The first-order valence-corrected chi connectivity index (χ1v) is 10.4. The van der Waals surface area contributed by atoms with Gasteiger partial charge in [0.25, 0.3) is 5.91 Å². The maximum Gasteiger partial charge on any atom is 0.260 e. The van der Waals surface area contributed by atoms with Crippen LogP contribution in [0.25, 0.3) is 0 Å². The van der Waals surface area contributed by atoms with Gasteiger partial charge in [0.1, 0.15) is 11.6 Å². The van der Waals surface area contributed by atoms with Crippen LogP contribution in [0.2, 0.25) is 0 Å². The molecule has 2 aromatic rings. The standard InChI is InChI=1S/C23H23FN2O5/c24-16-2-4-17(5-3-16)29-13-22(27)25-7-9-26(10-8-25)23(28)19-12-18(19)15-1-6-20-21(11-15)31-14-30-20/h1-6,11,18-19H,7-10,12-14H2/t18-,19-/m1/s1. The molecule has 0 N–H and O–H groups in total. The van der Waals surface area contributed by atoms with Crippen LogP contribution >= 0.6 is 0 Å². The highest BCUT2D eigenvalue weighted by molar-refractivity contribution is 5.84. The SMILES string of the molecule is O=C(COc1ccc(F)cc1)N1CCN(C(=O)[C@@H]2C[C@@H]2c2ccc3c(c2)OCO3)CC1. The summed E-state index contributed by atoms with van der Waals surface area (Å²) in [7, 11) is 0. The summed E-state index contributed by atoms with van der Waals surface area (Å²) >= 11 is 0. The van der Waals surface area contributed by atoms with Gasteiger partial charge in [-0.25, -0.2) is 4.39 Å². The molecule has 1 aliphatic carbocycles. The van der Waals surface area contributed by atoms with Crippen LogP contribution in [0.4, 0.5) is 4.39 Å². The maximum atomic E-state index is 12.9. The Morgan fingerprint density at radius 3 is 2.45 bits per heavy atom. The van der Waals surface area contributed by atoms with Gasteiger partial charge in [-0.2, -0.15) is 0 Å². The fourth-order valence-corrected chi connectivity index (χ4v) is 4.16. The van der Waals surface area contributed by atoms with Gasteiger partial charge < -0.3 is 24.0 Å². The fourth-order valence-electron chi connectivity index (χ4n) is 4.16. The summed E-state index contributed by atoms with van der Waals surface area (Å²) in [6.07, 6.45) is 0.836. The highest BCUT2D eigenvalue weighted by atomic mass is 19.1. The number of carbonyl (C=O) groups is 2. The molecular weight excluding hydrogens is 403 g/mol. The van der Waals surface area contributed by atoms with Crippen LogP contribution in [-0.2, 0) is 9.59 Å². The zero-order valence-corrected chi connectivity index (χ0v) is 17.0. The van der Waals surface area contributed by atoms with Gasteiger partial charge >= 0.3 is 0 Å². The van der Waals surface area contributed by atoms with E-state index >= 15 is 0 Å². The Labute approximate surface area is 179 Å². The molecular formula is C23H23FN2O5. The molecule has 7 nitrogen and oxygen atoms in total. The molecule has 2 amide bonds. The van der Waals surface area contributed by atoms with E-state index in [1.165, 1.54) is 24.3 Å². The minimum Gasteiger partial charge on any atom is -0.484 e. The van der Waals surface area contributed by atoms with Gasteiger partial charge in [-0.3, -0.25) is 9.59 Å². The quantitative estimate of drug-likeness (QED) is 0.735. The minimum absolute atomic E-state index is 0.00978. The van der Waals surface area contributed by atoms with Crippen LogP contribution in [0.15, 0.2) is 42.5 Å². The summed E-state index contributed by atoms with van der Waals surface area (Å²) in [5.41, 5.74) is 1.11. The second kappa shape index (κ2) is 8.09. The number of halogens is 1. The van der Waals surface area contributed by atoms with Gasteiger partial charge in [-0.05, 0) is 54.3 Å². The summed E-state index contributed by atoms with van der Waals surface area (Å²) in [6.45, 7) is 2.15. The average Bonchev–Trinajstić information content (AvgIpc) is 3.47. The highest BCUT2D eigenvalue weighted by Gasteiger charge is 2.46. The molecule has 2 aliphatic heterocycles. The summed E-state index contributed by atoms with van der Waals surface area (Å²) in [4.78, 5) is 28.8. The third-order valence-corrected chi connectivity index (χ3v) is 6.05. The summed E-state index contributed by atoms with van der Waals surface area (Å²) < 4.78 is 29.2. The van der Waals surface area contributed by atoms with E-state index in [2.05, 4.69) is 0 Å². The van der Waals surface area contributed by atoms with E-state index in [0.717, 1.165) is 23.5 Å². The number of amides is 2. The van der Waals surface area contributed by atoms with Crippen molar-refractivity contribution in [3.63, 3.8) is 0 Å². The molecule has 162 valence electrons. The maximum absolute atomic E-state index is 12.9. The van der Waals surface area contributed by atoms with E-state index in [1.54, 1.807) is 4.90 Å². The van der Waals surface area contributed by atoms with E-state index in [9.17, 15) is 14.0 Å². The molecule has 31 heavy (non-hydrogen) atoms. The van der Waals surface area contributed by atoms with Crippen LogP contribution in [0.5, 0.6) is 17.2 Å². The molecule has 0 unspecified atom stereocenters. The average molecular weight is 426 g/mol. The molecule has 0 spiro atoms. The van der Waals surface area contributed by atoms with E-state index in [0.29, 0.717) is 31.9 Å². The monoisotopic (exact) mass is 426 g/mol. The molecule has 1 saturated carbocycles.